The summed E-state index contributed by atoms with van der Waals surface area (Å²) in [5.41, 5.74) is 3.69. The van der Waals surface area contributed by atoms with Gasteiger partial charge in [0.25, 0.3) is 0 Å². The number of aryl methyl sites for hydroxylation is 2. The van der Waals surface area contributed by atoms with Gasteiger partial charge >= 0.3 is 0 Å². The fourth-order valence-corrected chi connectivity index (χ4v) is 3.99. The van der Waals surface area contributed by atoms with Crippen molar-refractivity contribution in [3.8, 4) is 0 Å². The normalized spacial score (nSPS) is 17.8. The summed E-state index contributed by atoms with van der Waals surface area (Å²) in [5, 5.41) is 2.97. The number of hydrogen-bond acceptors (Lipinski definition) is 4. The van der Waals surface area contributed by atoms with E-state index < -0.39 is 5.25 Å². The molecular formula is C22H23N3O2S. The monoisotopic (exact) mass is 393 g/mol. The van der Waals surface area contributed by atoms with Gasteiger partial charge in [-0.1, -0.05) is 53.7 Å². The molecular weight excluding hydrogens is 370 g/mol. The highest BCUT2D eigenvalue weighted by Crippen LogP contribution is 2.32. The molecule has 1 aliphatic heterocycles. The molecule has 3 rings (SSSR count). The number of nitrogens with one attached hydrogen (secondary N) is 1. The maximum atomic E-state index is 12.8. The lowest BCUT2D eigenvalue weighted by Gasteiger charge is -2.14. The van der Waals surface area contributed by atoms with Crippen LogP contribution in [0.5, 0.6) is 0 Å². The summed E-state index contributed by atoms with van der Waals surface area (Å²) < 4.78 is 0. The van der Waals surface area contributed by atoms with Gasteiger partial charge < -0.3 is 5.32 Å². The number of rotatable bonds is 6. The molecule has 1 heterocycles. The van der Waals surface area contributed by atoms with Crippen molar-refractivity contribution in [2.75, 3.05) is 11.9 Å². The van der Waals surface area contributed by atoms with E-state index >= 15 is 0 Å². The van der Waals surface area contributed by atoms with Crippen molar-refractivity contribution in [3.63, 3.8) is 0 Å². The Morgan fingerprint density at radius 2 is 1.93 bits per heavy atom. The Bertz CT molecular complexity index is 922. The van der Waals surface area contributed by atoms with Crippen molar-refractivity contribution < 1.29 is 9.59 Å². The van der Waals surface area contributed by atoms with Crippen LogP contribution in [-0.2, 0) is 9.59 Å². The number of benzene rings is 2. The molecule has 0 saturated carbocycles. The number of carbonyl (C=O) groups excluding carboxylic acids is 2. The van der Waals surface area contributed by atoms with Crippen molar-refractivity contribution in [3.05, 3.63) is 72.3 Å². The predicted octanol–water partition coefficient (Wildman–Crippen LogP) is 4.45. The highest BCUT2D eigenvalue weighted by atomic mass is 32.2. The van der Waals surface area contributed by atoms with E-state index in [0.29, 0.717) is 11.7 Å². The Balaban J connectivity index is 1.74. The molecule has 28 heavy (non-hydrogen) atoms. The molecule has 0 radical (unpaired) electrons. The van der Waals surface area contributed by atoms with Crippen LogP contribution in [0.2, 0.25) is 0 Å². The van der Waals surface area contributed by atoms with Gasteiger partial charge in [-0.05, 0) is 37.6 Å². The van der Waals surface area contributed by atoms with E-state index in [1.807, 2.05) is 62.4 Å². The fourth-order valence-electron chi connectivity index (χ4n) is 2.83. The molecule has 0 spiro atoms. The molecule has 1 fully saturated rings. The Labute approximate surface area is 169 Å². The summed E-state index contributed by atoms with van der Waals surface area (Å²) in [6.07, 6.45) is 1.76. The SMILES string of the molecule is C=CCN1C(=O)[C@H](CC(=O)Nc2ccc(C)cc2)SC1=Nc1ccccc1C. The number of anilines is 1. The van der Waals surface area contributed by atoms with Gasteiger partial charge in [0.1, 0.15) is 5.25 Å². The van der Waals surface area contributed by atoms with E-state index in [1.54, 1.807) is 11.0 Å². The molecule has 0 unspecified atom stereocenters. The van der Waals surface area contributed by atoms with Gasteiger partial charge in [-0.2, -0.15) is 0 Å². The quantitative estimate of drug-likeness (QED) is 0.738. The molecule has 0 aromatic heterocycles. The van der Waals surface area contributed by atoms with Crippen LogP contribution in [0.3, 0.4) is 0 Å². The predicted molar refractivity (Wildman–Crippen MR) is 116 cm³/mol. The number of nitrogens with zero attached hydrogens (tertiary/aromatic N) is 2. The van der Waals surface area contributed by atoms with E-state index in [-0.39, 0.29) is 18.2 Å². The first-order chi connectivity index (χ1) is 13.5. The summed E-state index contributed by atoms with van der Waals surface area (Å²) in [6, 6.07) is 15.3. The first-order valence-electron chi connectivity index (χ1n) is 9.07. The highest BCUT2D eigenvalue weighted by Gasteiger charge is 2.38. The molecule has 144 valence electrons. The fraction of sp³-hybridized carbons (Fsp3) is 0.227. The maximum absolute atomic E-state index is 12.8. The molecule has 0 bridgehead atoms. The van der Waals surface area contributed by atoms with E-state index in [9.17, 15) is 9.59 Å². The van der Waals surface area contributed by atoms with Gasteiger partial charge in [-0.25, -0.2) is 4.99 Å². The van der Waals surface area contributed by atoms with Gasteiger partial charge in [0, 0.05) is 18.7 Å². The minimum absolute atomic E-state index is 0.0951. The van der Waals surface area contributed by atoms with E-state index in [0.717, 1.165) is 22.5 Å². The number of amidine groups is 1. The lowest BCUT2D eigenvalue weighted by molar-refractivity contribution is -0.127. The Morgan fingerprint density at radius 3 is 2.61 bits per heavy atom. The second-order valence-electron chi connectivity index (χ2n) is 6.64. The van der Waals surface area contributed by atoms with Crippen molar-refractivity contribution in [1.29, 1.82) is 0 Å². The van der Waals surface area contributed by atoms with Crippen LogP contribution in [0, 0.1) is 13.8 Å². The molecule has 6 heteroatoms. The van der Waals surface area contributed by atoms with Crippen molar-refractivity contribution in [2.24, 2.45) is 4.99 Å². The molecule has 1 saturated heterocycles. The van der Waals surface area contributed by atoms with E-state index in [2.05, 4.69) is 16.9 Å². The maximum Gasteiger partial charge on any atom is 0.242 e. The molecule has 1 atom stereocenters. The zero-order chi connectivity index (χ0) is 20.1. The van der Waals surface area contributed by atoms with Crippen molar-refractivity contribution in [2.45, 2.75) is 25.5 Å². The zero-order valence-corrected chi connectivity index (χ0v) is 16.8. The lowest BCUT2D eigenvalue weighted by Crippen LogP contribution is -2.33. The second kappa shape index (κ2) is 8.89. The molecule has 1 aliphatic rings. The standard InChI is InChI=1S/C22H23N3O2S/c1-4-13-25-21(27)19(14-20(26)23-17-11-9-15(2)10-12-17)28-22(25)24-18-8-6-5-7-16(18)3/h4-12,19H,1,13-14H2,2-3H3,(H,23,26)/t19-/m0/s1. The summed E-state index contributed by atoms with van der Waals surface area (Å²) in [5.74, 6) is -0.304. The van der Waals surface area contributed by atoms with Gasteiger partial charge in [0.15, 0.2) is 5.17 Å². The Kier molecular flexibility index (Phi) is 6.31. The van der Waals surface area contributed by atoms with Crippen LogP contribution in [0.4, 0.5) is 11.4 Å². The smallest absolute Gasteiger partial charge is 0.242 e. The first kappa shape index (κ1) is 19.9. The van der Waals surface area contributed by atoms with Crippen LogP contribution >= 0.6 is 11.8 Å². The number of thioether (sulfide) groups is 1. The van der Waals surface area contributed by atoms with E-state index in [1.165, 1.54) is 11.8 Å². The number of carbonyl (C=O) groups is 2. The van der Waals surface area contributed by atoms with Gasteiger partial charge in [-0.3, -0.25) is 14.5 Å². The summed E-state index contributed by atoms with van der Waals surface area (Å²) >= 11 is 1.33. The lowest BCUT2D eigenvalue weighted by atomic mass is 10.2. The van der Waals surface area contributed by atoms with Gasteiger partial charge in [0.05, 0.1) is 5.69 Å². The molecule has 2 aromatic rings. The topological polar surface area (TPSA) is 61.8 Å². The Hall–Kier alpha value is -2.86. The van der Waals surface area contributed by atoms with Crippen LogP contribution < -0.4 is 5.32 Å². The second-order valence-corrected chi connectivity index (χ2v) is 7.81. The number of para-hydroxylation sites is 1. The minimum Gasteiger partial charge on any atom is -0.326 e. The molecule has 2 amide bonds. The van der Waals surface area contributed by atoms with Gasteiger partial charge in [-0.15, -0.1) is 6.58 Å². The van der Waals surface area contributed by atoms with Crippen molar-refractivity contribution >= 4 is 40.1 Å². The van der Waals surface area contributed by atoms with Crippen LogP contribution in [0.1, 0.15) is 17.5 Å². The van der Waals surface area contributed by atoms with Crippen LogP contribution in [-0.4, -0.2) is 33.7 Å². The minimum atomic E-state index is -0.492. The summed E-state index contributed by atoms with van der Waals surface area (Å²) in [4.78, 5) is 31.5. The van der Waals surface area contributed by atoms with E-state index in [4.69, 9.17) is 0 Å². The Morgan fingerprint density at radius 1 is 1.21 bits per heavy atom. The molecule has 0 aliphatic carbocycles. The highest BCUT2D eigenvalue weighted by molar-refractivity contribution is 8.15. The molecule has 5 nitrogen and oxygen atoms in total. The number of hydrogen-bond donors (Lipinski definition) is 1. The largest absolute Gasteiger partial charge is 0.326 e. The summed E-state index contributed by atoms with van der Waals surface area (Å²) in [7, 11) is 0. The molecule has 1 N–H and O–H groups in total. The summed E-state index contributed by atoms with van der Waals surface area (Å²) in [6.45, 7) is 8.06. The number of aliphatic imine (C=N–C) groups is 1. The van der Waals surface area contributed by atoms with Crippen molar-refractivity contribution in [1.82, 2.24) is 4.90 Å². The third kappa shape index (κ3) is 4.70. The van der Waals surface area contributed by atoms with Gasteiger partial charge in [0.2, 0.25) is 11.8 Å². The average molecular weight is 394 g/mol. The number of amides is 2. The average Bonchev–Trinajstić information content (AvgIpc) is 2.94. The third-order valence-electron chi connectivity index (χ3n) is 4.37. The zero-order valence-electron chi connectivity index (χ0n) is 16.0. The van der Waals surface area contributed by atoms with Crippen LogP contribution in [0.25, 0.3) is 0 Å². The molecule has 2 aromatic carbocycles. The third-order valence-corrected chi connectivity index (χ3v) is 5.54. The van der Waals surface area contributed by atoms with Crippen LogP contribution in [0.15, 0.2) is 66.2 Å². The first-order valence-corrected chi connectivity index (χ1v) is 9.95.